The Kier molecular flexibility index (Phi) is 5.57. The Balaban J connectivity index is 1.28. The summed E-state index contributed by atoms with van der Waals surface area (Å²) in [6, 6.07) is 14.6. The molecule has 0 bridgehead atoms. The quantitative estimate of drug-likeness (QED) is 0.690. The van der Waals surface area contributed by atoms with E-state index in [1.54, 1.807) is 24.0 Å². The molecule has 150 valence electrons. The highest BCUT2D eigenvalue weighted by Crippen LogP contribution is 2.18. The number of urea groups is 1. The van der Waals surface area contributed by atoms with E-state index in [0.717, 1.165) is 41.5 Å². The van der Waals surface area contributed by atoms with Gasteiger partial charge in [-0.05, 0) is 37.3 Å². The Bertz CT molecular complexity index is 1000. The van der Waals surface area contributed by atoms with Crippen molar-refractivity contribution in [2.24, 2.45) is 0 Å². The van der Waals surface area contributed by atoms with Gasteiger partial charge in [0.05, 0.1) is 11.7 Å². The second-order valence-corrected chi connectivity index (χ2v) is 7.47. The van der Waals surface area contributed by atoms with Crippen molar-refractivity contribution in [2.45, 2.75) is 13.0 Å². The summed E-state index contributed by atoms with van der Waals surface area (Å²) < 4.78 is 8.31. The molecule has 8 nitrogen and oxygen atoms in total. The maximum Gasteiger partial charge on any atom is 0.318 e. The highest BCUT2D eigenvalue weighted by atomic mass is 32.1. The molecule has 29 heavy (non-hydrogen) atoms. The number of rotatable bonds is 4. The molecule has 0 spiro atoms. The predicted octanol–water partition coefficient (Wildman–Crippen LogP) is 2.55. The van der Waals surface area contributed by atoms with Gasteiger partial charge in [0.1, 0.15) is 17.1 Å². The van der Waals surface area contributed by atoms with Crippen LogP contribution in [0.25, 0.3) is 11.0 Å². The molecule has 2 heterocycles. The Morgan fingerprint density at radius 3 is 2.48 bits per heavy atom. The zero-order valence-corrected chi connectivity index (χ0v) is 16.9. The van der Waals surface area contributed by atoms with Crippen LogP contribution in [0.3, 0.4) is 0 Å². The van der Waals surface area contributed by atoms with E-state index in [2.05, 4.69) is 36.4 Å². The van der Waals surface area contributed by atoms with Crippen molar-refractivity contribution in [3.05, 3.63) is 48.5 Å². The molecule has 0 saturated carbocycles. The van der Waals surface area contributed by atoms with Crippen LogP contribution in [-0.2, 0) is 4.79 Å². The van der Waals surface area contributed by atoms with Gasteiger partial charge in [0.25, 0.3) is 0 Å². The molecule has 3 aromatic rings. The number of fused-ring (bicyclic) bond motifs is 1. The molecule has 0 aliphatic carbocycles. The van der Waals surface area contributed by atoms with Gasteiger partial charge in [0.2, 0.25) is 5.91 Å². The third kappa shape index (κ3) is 4.45. The zero-order chi connectivity index (χ0) is 20.2. The Morgan fingerprint density at radius 2 is 1.72 bits per heavy atom. The summed E-state index contributed by atoms with van der Waals surface area (Å²) in [7, 11) is 0. The van der Waals surface area contributed by atoms with Gasteiger partial charge >= 0.3 is 6.03 Å². The summed E-state index contributed by atoms with van der Waals surface area (Å²) in [5, 5.41) is 5.60. The lowest BCUT2D eigenvalue weighted by Gasteiger charge is -2.36. The predicted molar refractivity (Wildman–Crippen MR) is 114 cm³/mol. The van der Waals surface area contributed by atoms with Crippen LogP contribution in [0.5, 0.6) is 0 Å². The average Bonchev–Trinajstić information content (AvgIpc) is 3.22. The van der Waals surface area contributed by atoms with Crippen LogP contribution in [0.4, 0.5) is 16.2 Å². The molecule has 0 unspecified atom stereocenters. The van der Waals surface area contributed by atoms with Gasteiger partial charge in [-0.3, -0.25) is 4.79 Å². The van der Waals surface area contributed by atoms with Gasteiger partial charge in [0.15, 0.2) is 0 Å². The lowest BCUT2D eigenvalue weighted by atomic mass is 10.2. The Labute approximate surface area is 172 Å². The van der Waals surface area contributed by atoms with E-state index in [-0.39, 0.29) is 11.9 Å². The number of aromatic nitrogens is 2. The van der Waals surface area contributed by atoms with Crippen LogP contribution in [0.1, 0.15) is 6.92 Å². The number of amides is 3. The van der Waals surface area contributed by atoms with Gasteiger partial charge in [-0.2, -0.15) is 8.75 Å². The van der Waals surface area contributed by atoms with Crippen molar-refractivity contribution < 1.29 is 9.59 Å². The fourth-order valence-electron chi connectivity index (χ4n) is 3.26. The minimum atomic E-state index is -0.654. The SMILES string of the molecule is C[C@H](NC(=O)N1CCN(c2ccccc2)CC1)C(=O)Nc1ccc2nsnc2c1. The molecular weight excluding hydrogens is 388 g/mol. The third-order valence-electron chi connectivity index (χ3n) is 4.94. The number of carbonyl (C=O) groups excluding carboxylic acids is 2. The molecule has 1 atom stereocenters. The highest BCUT2D eigenvalue weighted by Gasteiger charge is 2.24. The molecule has 3 amide bonds. The summed E-state index contributed by atoms with van der Waals surface area (Å²) in [6.45, 7) is 4.43. The van der Waals surface area contributed by atoms with Crippen LogP contribution < -0.4 is 15.5 Å². The number of anilines is 2. The van der Waals surface area contributed by atoms with E-state index < -0.39 is 6.04 Å². The first-order valence-electron chi connectivity index (χ1n) is 9.49. The molecule has 9 heteroatoms. The average molecular weight is 411 g/mol. The van der Waals surface area contributed by atoms with Crippen molar-refractivity contribution in [1.82, 2.24) is 19.0 Å². The molecule has 1 aromatic heterocycles. The van der Waals surface area contributed by atoms with Gasteiger partial charge in [-0.15, -0.1) is 0 Å². The van der Waals surface area contributed by atoms with E-state index in [1.807, 2.05) is 24.3 Å². The van der Waals surface area contributed by atoms with Crippen molar-refractivity contribution in [1.29, 1.82) is 0 Å². The minimum absolute atomic E-state index is 0.223. The lowest BCUT2D eigenvalue weighted by molar-refractivity contribution is -0.117. The second kappa shape index (κ2) is 8.44. The van der Waals surface area contributed by atoms with Crippen LogP contribution in [0.15, 0.2) is 48.5 Å². The fourth-order valence-corrected chi connectivity index (χ4v) is 3.78. The number of nitrogens with one attached hydrogen (secondary N) is 2. The van der Waals surface area contributed by atoms with Crippen molar-refractivity contribution in [3.8, 4) is 0 Å². The Morgan fingerprint density at radius 1 is 1.00 bits per heavy atom. The fraction of sp³-hybridized carbons (Fsp3) is 0.300. The van der Waals surface area contributed by atoms with Gasteiger partial charge < -0.3 is 20.4 Å². The number of hydrogen-bond acceptors (Lipinski definition) is 6. The van der Waals surface area contributed by atoms with Crippen molar-refractivity contribution in [2.75, 3.05) is 36.4 Å². The summed E-state index contributed by atoms with van der Waals surface area (Å²) in [6.07, 6.45) is 0. The van der Waals surface area contributed by atoms with Crippen LogP contribution >= 0.6 is 11.7 Å². The number of hydrogen-bond donors (Lipinski definition) is 2. The lowest BCUT2D eigenvalue weighted by Crippen LogP contribution is -2.54. The molecular formula is C20H22N6O2S. The molecule has 2 N–H and O–H groups in total. The Hall–Kier alpha value is -3.20. The molecule has 1 aliphatic rings. The topological polar surface area (TPSA) is 90.5 Å². The first kappa shape index (κ1) is 19.1. The highest BCUT2D eigenvalue weighted by molar-refractivity contribution is 7.00. The normalized spacial score (nSPS) is 15.2. The largest absolute Gasteiger partial charge is 0.368 e. The summed E-state index contributed by atoms with van der Waals surface area (Å²) >= 11 is 1.13. The molecule has 4 rings (SSSR count). The molecule has 1 aliphatic heterocycles. The van der Waals surface area contributed by atoms with E-state index in [4.69, 9.17) is 0 Å². The minimum Gasteiger partial charge on any atom is -0.368 e. The smallest absolute Gasteiger partial charge is 0.318 e. The molecule has 1 fully saturated rings. The number of benzene rings is 2. The van der Waals surface area contributed by atoms with Crippen molar-refractivity contribution in [3.63, 3.8) is 0 Å². The van der Waals surface area contributed by atoms with E-state index in [0.29, 0.717) is 18.8 Å². The first-order chi connectivity index (χ1) is 14.1. The maximum absolute atomic E-state index is 12.5. The number of nitrogens with zero attached hydrogens (tertiary/aromatic N) is 4. The summed E-state index contributed by atoms with van der Waals surface area (Å²) in [5.41, 5.74) is 3.32. The summed E-state index contributed by atoms with van der Waals surface area (Å²) in [4.78, 5) is 29.0. The van der Waals surface area contributed by atoms with Gasteiger partial charge in [-0.25, -0.2) is 4.79 Å². The number of para-hydroxylation sites is 1. The van der Waals surface area contributed by atoms with E-state index >= 15 is 0 Å². The van der Waals surface area contributed by atoms with Gasteiger partial charge in [-0.1, -0.05) is 18.2 Å². The van der Waals surface area contributed by atoms with Gasteiger partial charge in [0, 0.05) is 37.6 Å². The third-order valence-corrected chi connectivity index (χ3v) is 5.50. The van der Waals surface area contributed by atoms with Crippen molar-refractivity contribution >= 4 is 46.1 Å². The first-order valence-corrected chi connectivity index (χ1v) is 10.2. The number of piperazine rings is 1. The second-order valence-electron chi connectivity index (χ2n) is 6.94. The van der Waals surface area contributed by atoms with Crippen LogP contribution in [0, 0.1) is 0 Å². The molecule has 0 radical (unpaired) electrons. The van der Waals surface area contributed by atoms with E-state index in [1.165, 1.54) is 0 Å². The molecule has 2 aromatic carbocycles. The molecule has 1 saturated heterocycles. The standard InChI is InChI=1S/C20H22N6O2S/c1-14(19(27)22-15-7-8-17-18(13-15)24-29-23-17)21-20(28)26-11-9-25(10-12-26)16-5-3-2-4-6-16/h2-8,13-14H,9-12H2,1H3,(H,21,28)(H,22,27)/t14-/m0/s1. The van der Waals surface area contributed by atoms with Crippen LogP contribution in [-0.4, -0.2) is 57.8 Å². The summed E-state index contributed by atoms with van der Waals surface area (Å²) in [5.74, 6) is -0.274. The maximum atomic E-state index is 12.5. The van der Waals surface area contributed by atoms with Crippen LogP contribution in [0.2, 0.25) is 0 Å². The van der Waals surface area contributed by atoms with E-state index in [9.17, 15) is 9.59 Å². The number of carbonyl (C=O) groups is 2. The zero-order valence-electron chi connectivity index (χ0n) is 16.0. The monoisotopic (exact) mass is 410 g/mol.